The fourth-order valence-corrected chi connectivity index (χ4v) is 2.24. The van der Waals surface area contributed by atoms with E-state index in [4.69, 9.17) is 0 Å². The van der Waals surface area contributed by atoms with E-state index in [-0.39, 0.29) is 12.1 Å². The Labute approximate surface area is 144 Å². The molecule has 2 rings (SSSR count). The number of nitrogens with one attached hydrogen (secondary N) is 2. The van der Waals surface area contributed by atoms with Crippen molar-refractivity contribution in [3.05, 3.63) is 64.1 Å². The summed E-state index contributed by atoms with van der Waals surface area (Å²) in [5, 5.41) is 4.93. The summed E-state index contributed by atoms with van der Waals surface area (Å²) in [5.74, 6) is -1.08. The van der Waals surface area contributed by atoms with Crippen LogP contribution in [0.25, 0.3) is 0 Å². The number of benzene rings is 2. The maximum Gasteiger partial charge on any atom is 0.416 e. The molecule has 0 aliphatic rings. The highest BCUT2D eigenvalue weighted by Gasteiger charge is 2.30. The number of anilines is 1. The van der Waals surface area contributed by atoms with Crippen LogP contribution in [0.2, 0.25) is 0 Å². The first-order valence-corrected chi connectivity index (χ1v) is 7.56. The maximum absolute atomic E-state index is 12.5. The molecule has 24 heavy (non-hydrogen) atoms. The van der Waals surface area contributed by atoms with E-state index >= 15 is 0 Å². The van der Waals surface area contributed by atoms with Gasteiger partial charge in [-0.2, -0.15) is 13.2 Å². The summed E-state index contributed by atoms with van der Waals surface area (Å²) in [7, 11) is 0. The molecule has 2 amide bonds. The van der Waals surface area contributed by atoms with E-state index in [1.165, 1.54) is 0 Å². The summed E-state index contributed by atoms with van der Waals surface area (Å²) >= 11 is 3.26. The van der Waals surface area contributed by atoms with Gasteiger partial charge in [0.25, 0.3) is 5.91 Å². The molecule has 0 aliphatic heterocycles. The molecule has 0 radical (unpaired) electrons. The van der Waals surface area contributed by atoms with Gasteiger partial charge < -0.3 is 10.6 Å². The van der Waals surface area contributed by atoms with Crippen molar-refractivity contribution in [1.82, 2.24) is 5.32 Å². The Morgan fingerprint density at radius 2 is 1.71 bits per heavy atom. The SMILES string of the molecule is O=C(CNC(=O)c1ccc(C(F)(F)F)cc1)Nc1cccc(Br)c1. The molecule has 0 bridgehead atoms. The van der Waals surface area contributed by atoms with Crippen molar-refractivity contribution >= 4 is 33.4 Å². The number of carbonyl (C=O) groups excluding carboxylic acids is 2. The molecule has 0 spiro atoms. The second kappa shape index (κ2) is 7.48. The van der Waals surface area contributed by atoms with E-state index in [0.717, 1.165) is 28.7 Å². The number of hydrogen-bond acceptors (Lipinski definition) is 2. The molecule has 8 heteroatoms. The molecule has 2 N–H and O–H groups in total. The summed E-state index contributed by atoms with van der Waals surface area (Å²) < 4.78 is 38.1. The molecule has 0 fully saturated rings. The molecule has 0 saturated carbocycles. The minimum Gasteiger partial charge on any atom is -0.343 e. The van der Waals surface area contributed by atoms with E-state index in [1.807, 2.05) is 0 Å². The zero-order valence-corrected chi connectivity index (χ0v) is 13.7. The molecular formula is C16H12BrF3N2O2. The maximum atomic E-state index is 12.5. The highest BCUT2D eigenvalue weighted by atomic mass is 79.9. The Hall–Kier alpha value is -2.35. The van der Waals surface area contributed by atoms with Gasteiger partial charge in [-0.25, -0.2) is 0 Å². The lowest BCUT2D eigenvalue weighted by atomic mass is 10.1. The van der Waals surface area contributed by atoms with Crippen LogP contribution in [-0.4, -0.2) is 18.4 Å². The average molecular weight is 401 g/mol. The van der Waals surface area contributed by atoms with E-state index in [2.05, 4.69) is 26.6 Å². The minimum absolute atomic E-state index is 0.0401. The second-order valence-electron chi connectivity index (χ2n) is 4.82. The summed E-state index contributed by atoms with van der Waals surface area (Å²) in [5.41, 5.74) is -0.247. The van der Waals surface area contributed by atoms with E-state index in [1.54, 1.807) is 24.3 Å². The zero-order valence-electron chi connectivity index (χ0n) is 12.2. The van der Waals surface area contributed by atoms with Gasteiger partial charge >= 0.3 is 6.18 Å². The Morgan fingerprint density at radius 3 is 2.29 bits per heavy atom. The number of rotatable bonds is 4. The quantitative estimate of drug-likeness (QED) is 0.818. The standard InChI is InChI=1S/C16H12BrF3N2O2/c17-12-2-1-3-13(8-12)22-14(23)9-21-15(24)10-4-6-11(7-5-10)16(18,19)20/h1-8H,9H2,(H,21,24)(H,22,23). The summed E-state index contributed by atoms with van der Waals surface area (Å²) in [4.78, 5) is 23.6. The molecule has 126 valence electrons. The lowest BCUT2D eigenvalue weighted by Crippen LogP contribution is -2.32. The first-order chi connectivity index (χ1) is 11.3. The summed E-state index contributed by atoms with van der Waals surface area (Å²) in [6, 6.07) is 10.7. The number of halogens is 4. The van der Waals surface area contributed by atoms with E-state index < -0.39 is 23.6 Å². The molecule has 0 unspecified atom stereocenters. The Kier molecular flexibility index (Phi) is 5.61. The van der Waals surface area contributed by atoms with Gasteiger partial charge in [-0.05, 0) is 42.5 Å². The average Bonchev–Trinajstić information content (AvgIpc) is 2.52. The normalized spacial score (nSPS) is 11.0. The molecule has 2 aromatic carbocycles. The molecule has 0 heterocycles. The van der Waals surface area contributed by atoms with Crippen LogP contribution in [0, 0.1) is 0 Å². The van der Waals surface area contributed by atoms with Crippen LogP contribution in [0.3, 0.4) is 0 Å². The van der Waals surface area contributed by atoms with Crippen molar-refractivity contribution in [3.63, 3.8) is 0 Å². The van der Waals surface area contributed by atoms with E-state index in [9.17, 15) is 22.8 Å². The Balaban J connectivity index is 1.89. The van der Waals surface area contributed by atoms with Gasteiger partial charge in [0.1, 0.15) is 0 Å². The van der Waals surface area contributed by atoms with Crippen molar-refractivity contribution in [2.24, 2.45) is 0 Å². The number of amides is 2. The van der Waals surface area contributed by atoms with Crippen molar-refractivity contribution < 1.29 is 22.8 Å². The number of alkyl halides is 3. The largest absolute Gasteiger partial charge is 0.416 e. The number of hydrogen-bond donors (Lipinski definition) is 2. The van der Waals surface area contributed by atoms with Crippen LogP contribution in [0.15, 0.2) is 53.0 Å². The highest BCUT2D eigenvalue weighted by molar-refractivity contribution is 9.10. The Morgan fingerprint density at radius 1 is 1.04 bits per heavy atom. The molecule has 2 aromatic rings. The summed E-state index contributed by atoms with van der Waals surface area (Å²) in [6.07, 6.45) is -4.46. The van der Waals surface area contributed by atoms with Gasteiger partial charge in [0.15, 0.2) is 0 Å². The third-order valence-electron chi connectivity index (χ3n) is 2.99. The first-order valence-electron chi connectivity index (χ1n) is 6.76. The van der Waals surface area contributed by atoms with Crippen LogP contribution in [0.4, 0.5) is 18.9 Å². The van der Waals surface area contributed by atoms with Gasteiger partial charge in [-0.15, -0.1) is 0 Å². The highest BCUT2D eigenvalue weighted by Crippen LogP contribution is 2.29. The molecule has 0 saturated heterocycles. The third-order valence-corrected chi connectivity index (χ3v) is 3.49. The fraction of sp³-hybridized carbons (Fsp3) is 0.125. The Bertz CT molecular complexity index is 746. The van der Waals surface area contributed by atoms with Crippen molar-refractivity contribution in [2.75, 3.05) is 11.9 Å². The van der Waals surface area contributed by atoms with Crippen LogP contribution in [0.1, 0.15) is 15.9 Å². The predicted octanol–water partition coefficient (Wildman–Crippen LogP) is 3.84. The molecule has 0 aliphatic carbocycles. The fourth-order valence-electron chi connectivity index (χ4n) is 1.84. The van der Waals surface area contributed by atoms with Crippen LogP contribution in [0.5, 0.6) is 0 Å². The van der Waals surface area contributed by atoms with Crippen molar-refractivity contribution in [1.29, 1.82) is 0 Å². The molecule has 0 aromatic heterocycles. The van der Waals surface area contributed by atoms with Gasteiger partial charge in [0, 0.05) is 15.7 Å². The number of carbonyl (C=O) groups is 2. The van der Waals surface area contributed by atoms with Gasteiger partial charge in [-0.1, -0.05) is 22.0 Å². The van der Waals surface area contributed by atoms with Gasteiger partial charge in [0.05, 0.1) is 12.1 Å². The zero-order chi connectivity index (χ0) is 17.7. The van der Waals surface area contributed by atoms with E-state index in [0.29, 0.717) is 5.69 Å². The molecule has 4 nitrogen and oxygen atoms in total. The van der Waals surface area contributed by atoms with Gasteiger partial charge in [-0.3, -0.25) is 9.59 Å². The van der Waals surface area contributed by atoms with Gasteiger partial charge in [0.2, 0.25) is 5.91 Å². The van der Waals surface area contributed by atoms with Crippen molar-refractivity contribution in [3.8, 4) is 0 Å². The second-order valence-corrected chi connectivity index (χ2v) is 5.73. The lowest BCUT2D eigenvalue weighted by Gasteiger charge is -2.09. The topological polar surface area (TPSA) is 58.2 Å². The van der Waals surface area contributed by atoms with Crippen LogP contribution in [-0.2, 0) is 11.0 Å². The van der Waals surface area contributed by atoms with Crippen LogP contribution >= 0.6 is 15.9 Å². The minimum atomic E-state index is -4.46. The smallest absolute Gasteiger partial charge is 0.343 e. The lowest BCUT2D eigenvalue weighted by molar-refractivity contribution is -0.137. The molecule has 0 atom stereocenters. The summed E-state index contributed by atoms with van der Waals surface area (Å²) in [6.45, 7) is -0.299. The first kappa shape index (κ1) is 18.0. The predicted molar refractivity (Wildman–Crippen MR) is 86.5 cm³/mol. The molecular weight excluding hydrogens is 389 g/mol. The van der Waals surface area contributed by atoms with Crippen LogP contribution < -0.4 is 10.6 Å². The monoisotopic (exact) mass is 400 g/mol. The van der Waals surface area contributed by atoms with Crippen molar-refractivity contribution in [2.45, 2.75) is 6.18 Å². The third kappa shape index (κ3) is 5.09.